The Hall–Kier alpha value is -0.660. The highest BCUT2D eigenvalue weighted by atomic mass is 15.4. The second-order valence-electron chi connectivity index (χ2n) is 12.9. The molecule has 1 rings (SSSR count). The maximum Gasteiger partial charge on any atom is 0.101 e. The minimum absolute atomic E-state index is 0.641. The van der Waals surface area contributed by atoms with E-state index in [9.17, 15) is 0 Å². The highest BCUT2D eigenvalue weighted by Crippen LogP contribution is 2.24. The van der Waals surface area contributed by atoms with Crippen LogP contribution in [0.2, 0.25) is 0 Å². The lowest BCUT2D eigenvalue weighted by molar-refractivity contribution is 0.135. The van der Waals surface area contributed by atoms with Crippen molar-refractivity contribution < 1.29 is 0 Å². The summed E-state index contributed by atoms with van der Waals surface area (Å²) < 4.78 is 0. The molecule has 0 saturated carbocycles. The molecule has 1 aliphatic heterocycles. The standard InChI is InChI=1S/C37H74N2/c1-4-7-10-13-15-17-19-20-22-24-26-29-32-37-38(33-30-27-12-9-6-3)35-36-39(37)34-31-28-25-23-21-18-16-14-11-8-5-2/h35-37H,4-34H2,1-3H3. The maximum atomic E-state index is 2.71. The van der Waals surface area contributed by atoms with Crippen LogP contribution in [0.3, 0.4) is 0 Å². The van der Waals surface area contributed by atoms with Crippen LogP contribution in [-0.4, -0.2) is 29.1 Å². The van der Waals surface area contributed by atoms with Gasteiger partial charge >= 0.3 is 0 Å². The van der Waals surface area contributed by atoms with Crippen LogP contribution in [0, 0.1) is 0 Å². The number of hydrogen-bond acceptors (Lipinski definition) is 2. The predicted molar refractivity (Wildman–Crippen MR) is 177 cm³/mol. The van der Waals surface area contributed by atoms with Crippen molar-refractivity contribution in [2.75, 3.05) is 13.1 Å². The van der Waals surface area contributed by atoms with Gasteiger partial charge in [-0.05, 0) is 25.7 Å². The second kappa shape index (κ2) is 28.9. The molecular weight excluding hydrogens is 472 g/mol. The number of nitrogens with zero attached hydrogens (tertiary/aromatic N) is 2. The van der Waals surface area contributed by atoms with Gasteiger partial charge in [-0.3, -0.25) is 0 Å². The number of unbranched alkanes of at least 4 members (excludes halogenated alkanes) is 25. The SMILES string of the molecule is CCCCCCCCCCCCCCC1N(CCCCCCC)C=CN1CCCCCCCCCCCCC. The zero-order chi connectivity index (χ0) is 28.1. The fourth-order valence-corrected chi connectivity index (χ4v) is 6.36. The Labute approximate surface area is 248 Å². The Morgan fingerprint density at radius 2 is 0.590 bits per heavy atom. The van der Waals surface area contributed by atoms with Crippen molar-refractivity contribution in [1.29, 1.82) is 0 Å². The largest absolute Gasteiger partial charge is 0.356 e. The Kier molecular flexibility index (Phi) is 26.9. The molecule has 1 atom stereocenters. The Morgan fingerprint density at radius 3 is 0.897 bits per heavy atom. The molecule has 0 aromatic rings. The van der Waals surface area contributed by atoms with Crippen LogP contribution >= 0.6 is 0 Å². The van der Waals surface area contributed by atoms with Crippen molar-refractivity contribution in [3.8, 4) is 0 Å². The normalized spacial score (nSPS) is 15.2. The molecule has 2 heteroatoms. The predicted octanol–water partition coefficient (Wildman–Crippen LogP) is 12.8. The molecule has 0 amide bonds. The van der Waals surface area contributed by atoms with Crippen LogP contribution in [0.4, 0.5) is 0 Å². The lowest BCUT2D eigenvalue weighted by atomic mass is 10.0. The van der Waals surface area contributed by atoms with Gasteiger partial charge in [0.2, 0.25) is 0 Å². The van der Waals surface area contributed by atoms with Gasteiger partial charge in [0.15, 0.2) is 0 Å². The highest BCUT2D eigenvalue weighted by molar-refractivity contribution is 4.97. The van der Waals surface area contributed by atoms with Gasteiger partial charge in [-0.2, -0.15) is 0 Å². The van der Waals surface area contributed by atoms with Gasteiger partial charge in [-0.1, -0.05) is 181 Å². The van der Waals surface area contributed by atoms with Crippen molar-refractivity contribution in [2.45, 2.75) is 213 Å². The molecule has 0 aromatic carbocycles. The third kappa shape index (κ3) is 21.7. The molecule has 0 bridgehead atoms. The van der Waals surface area contributed by atoms with Gasteiger partial charge in [0.05, 0.1) is 0 Å². The molecular formula is C37H74N2. The van der Waals surface area contributed by atoms with Crippen LogP contribution < -0.4 is 0 Å². The molecule has 1 aliphatic rings. The lowest BCUT2D eigenvalue weighted by Gasteiger charge is -2.33. The topological polar surface area (TPSA) is 6.48 Å². The molecule has 1 heterocycles. The van der Waals surface area contributed by atoms with E-state index in [1.165, 1.54) is 199 Å². The van der Waals surface area contributed by atoms with Crippen LogP contribution in [0.25, 0.3) is 0 Å². The average Bonchev–Trinajstić information content (AvgIpc) is 3.33. The summed E-state index contributed by atoms with van der Waals surface area (Å²) in [6.07, 6.45) is 47.0. The van der Waals surface area contributed by atoms with E-state index in [0.29, 0.717) is 6.17 Å². The molecule has 0 radical (unpaired) electrons. The highest BCUT2D eigenvalue weighted by Gasteiger charge is 2.24. The molecule has 232 valence electrons. The van der Waals surface area contributed by atoms with E-state index >= 15 is 0 Å². The van der Waals surface area contributed by atoms with Crippen LogP contribution in [0.15, 0.2) is 12.4 Å². The minimum Gasteiger partial charge on any atom is -0.356 e. The number of hydrogen-bond donors (Lipinski definition) is 0. The summed E-state index contributed by atoms with van der Waals surface area (Å²) in [5, 5.41) is 0. The summed E-state index contributed by atoms with van der Waals surface area (Å²) in [7, 11) is 0. The summed E-state index contributed by atoms with van der Waals surface area (Å²) in [5.74, 6) is 0. The minimum atomic E-state index is 0.641. The van der Waals surface area contributed by atoms with Crippen molar-refractivity contribution in [2.24, 2.45) is 0 Å². The fourth-order valence-electron chi connectivity index (χ4n) is 6.36. The zero-order valence-corrected chi connectivity index (χ0v) is 27.5. The second-order valence-corrected chi connectivity index (χ2v) is 12.9. The third-order valence-electron chi connectivity index (χ3n) is 9.07. The summed E-state index contributed by atoms with van der Waals surface area (Å²) in [6, 6.07) is 0. The first-order chi connectivity index (χ1) is 19.3. The first kappa shape index (κ1) is 36.4. The third-order valence-corrected chi connectivity index (χ3v) is 9.07. The van der Waals surface area contributed by atoms with Crippen LogP contribution in [0.5, 0.6) is 0 Å². The van der Waals surface area contributed by atoms with Crippen molar-refractivity contribution in [1.82, 2.24) is 9.80 Å². The number of rotatable bonds is 31. The van der Waals surface area contributed by atoms with E-state index in [4.69, 9.17) is 0 Å². The van der Waals surface area contributed by atoms with Crippen molar-refractivity contribution in [3.63, 3.8) is 0 Å². The first-order valence-electron chi connectivity index (χ1n) is 18.5. The maximum absolute atomic E-state index is 2.71. The Bertz CT molecular complexity index is 502. The van der Waals surface area contributed by atoms with Crippen molar-refractivity contribution in [3.05, 3.63) is 12.4 Å². The first-order valence-corrected chi connectivity index (χ1v) is 18.5. The molecule has 0 aromatic heterocycles. The molecule has 0 spiro atoms. The van der Waals surface area contributed by atoms with Crippen LogP contribution in [-0.2, 0) is 0 Å². The summed E-state index contributed by atoms with van der Waals surface area (Å²) in [5.41, 5.74) is 0. The quantitative estimate of drug-likeness (QED) is 0.0798. The van der Waals surface area contributed by atoms with Gasteiger partial charge in [0.1, 0.15) is 6.17 Å². The smallest absolute Gasteiger partial charge is 0.101 e. The summed E-state index contributed by atoms with van der Waals surface area (Å²) in [6.45, 7) is 9.47. The van der Waals surface area contributed by atoms with Gasteiger partial charge in [0, 0.05) is 25.5 Å². The molecule has 39 heavy (non-hydrogen) atoms. The van der Waals surface area contributed by atoms with E-state index in [1.807, 2.05) is 0 Å². The fraction of sp³-hybridized carbons (Fsp3) is 0.946. The molecule has 0 fully saturated rings. The van der Waals surface area contributed by atoms with Gasteiger partial charge in [-0.15, -0.1) is 0 Å². The summed E-state index contributed by atoms with van der Waals surface area (Å²) >= 11 is 0. The van der Waals surface area contributed by atoms with Gasteiger partial charge < -0.3 is 9.80 Å². The van der Waals surface area contributed by atoms with E-state index < -0.39 is 0 Å². The van der Waals surface area contributed by atoms with Gasteiger partial charge in [0.25, 0.3) is 0 Å². The monoisotopic (exact) mass is 547 g/mol. The molecule has 2 nitrogen and oxygen atoms in total. The zero-order valence-electron chi connectivity index (χ0n) is 27.5. The van der Waals surface area contributed by atoms with Gasteiger partial charge in [-0.25, -0.2) is 0 Å². The molecule has 0 N–H and O–H groups in total. The van der Waals surface area contributed by atoms with Crippen LogP contribution in [0.1, 0.15) is 207 Å². The Balaban J connectivity index is 2.18. The molecule has 1 unspecified atom stereocenters. The van der Waals surface area contributed by atoms with E-state index in [-0.39, 0.29) is 0 Å². The van der Waals surface area contributed by atoms with E-state index in [0.717, 1.165) is 0 Å². The van der Waals surface area contributed by atoms with E-state index in [2.05, 4.69) is 43.0 Å². The summed E-state index contributed by atoms with van der Waals surface area (Å²) in [4.78, 5) is 5.40. The molecule has 0 aliphatic carbocycles. The van der Waals surface area contributed by atoms with Crippen molar-refractivity contribution >= 4 is 0 Å². The lowest BCUT2D eigenvalue weighted by Crippen LogP contribution is -2.39. The Morgan fingerprint density at radius 1 is 0.333 bits per heavy atom. The average molecular weight is 547 g/mol. The molecule has 0 saturated heterocycles. The van der Waals surface area contributed by atoms with E-state index in [1.54, 1.807) is 0 Å².